The van der Waals surface area contributed by atoms with Gasteiger partial charge in [0.1, 0.15) is 11.5 Å². The van der Waals surface area contributed by atoms with Crippen LogP contribution in [0.15, 0.2) is 52.0 Å². The molecule has 0 saturated carbocycles. The van der Waals surface area contributed by atoms with Crippen LogP contribution >= 0.6 is 15.9 Å². The van der Waals surface area contributed by atoms with E-state index in [1.165, 1.54) is 6.07 Å². The van der Waals surface area contributed by atoms with Crippen LogP contribution in [-0.4, -0.2) is 25.3 Å². The van der Waals surface area contributed by atoms with Crippen molar-refractivity contribution in [1.29, 1.82) is 0 Å². The summed E-state index contributed by atoms with van der Waals surface area (Å²) in [5.74, 6) is -1.31. The highest BCUT2D eigenvalue weighted by Crippen LogP contribution is 2.26. The van der Waals surface area contributed by atoms with Gasteiger partial charge in [0.15, 0.2) is 0 Å². The fourth-order valence-electron chi connectivity index (χ4n) is 1.82. The van der Waals surface area contributed by atoms with Gasteiger partial charge in [-0.2, -0.15) is 22.7 Å². The molecule has 0 aliphatic rings. The van der Waals surface area contributed by atoms with Crippen molar-refractivity contribution >= 4 is 28.1 Å². The van der Waals surface area contributed by atoms with Crippen molar-refractivity contribution < 1.29 is 31.8 Å². The predicted octanol–water partition coefficient (Wildman–Crippen LogP) is 4.42. The van der Waals surface area contributed by atoms with E-state index in [4.69, 9.17) is 0 Å². The van der Waals surface area contributed by atoms with Crippen molar-refractivity contribution in [2.45, 2.75) is 13.2 Å². The molecule has 0 atom stereocenters. The Kier molecular flexibility index (Phi) is 6.96. The number of nitrogens with one attached hydrogen (secondary N) is 1. The minimum absolute atomic E-state index is 0.0306. The predicted molar refractivity (Wildman–Crippen MR) is 88.9 cm³/mol. The van der Waals surface area contributed by atoms with Gasteiger partial charge < -0.3 is 9.47 Å². The van der Waals surface area contributed by atoms with Crippen molar-refractivity contribution in [3.05, 3.63) is 58.1 Å². The molecule has 0 radical (unpaired) electrons. The van der Waals surface area contributed by atoms with Crippen LogP contribution < -0.4 is 14.9 Å². The number of ether oxygens (including phenoxy) is 2. The average Bonchev–Trinajstić information content (AvgIpc) is 2.56. The number of rotatable bonds is 7. The fourth-order valence-corrected chi connectivity index (χ4v) is 2.09. The zero-order valence-corrected chi connectivity index (χ0v) is 14.4. The third-order valence-corrected chi connectivity index (χ3v) is 3.43. The molecular weight excluding hydrogens is 424 g/mol. The number of nitrogens with zero attached hydrogens (tertiary/aromatic N) is 1. The van der Waals surface area contributed by atoms with Gasteiger partial charge in [-0.25, -0.2) is 5.43 Å². The maximum absolute atomic E-state index is 12.5. The second-order valence-electron chi connectivity index (χ2n) is 4.66. The minimum atomic E-state index is -3.18. The van der Waals surface area contributed by atoms with E-state index in [-0.39, 0.29) is 11.3 Å². The van der Waals surface area contributed by atoms with E-state index in [0.717, 1.165) is 22.8 Å². The summed E-state index contributed by atoms with van der Waals surface area (Å²) in [6, 6.07) is 9.61. The van der Waals surface area contributed by atoms with Gasteiger partial charge in [0.25, 0.3) is 5.91 Å². The molecule has 0 fully saturated rings. The summed E-state index contributed by atoms with van der Waals surface area (Å²) in [4.78, 5) is 11.9. The normalized spacial score (nSPS) is 11.2. The number of hydrogen-bond acceptors (Lipinski definition) is 4. The van der Waals surface area contributed by atoms with E-state index in [1.807, 2.05) is 0 Å². The molecule has 0 unspecified atom stereocenters. The van der Waals surface area contributed by atoms with Crippen molar-refractivity contribution in [2.75, 3.05) is 0 Å². The molecular formula is C16H11BrF4N2O3. The van der Waals surface area contributed by atoms with E-state index in [2.05, 4.69) is 35.9 Å². The zero-order chi connectivity index (χ0) is 19.1. The summed E-state index contributed by atoms with van der Waals surface area (Å²) in [6.07, 6.45) is 1.04. The highest BCUT2D eigenvalue weighted by atomic mass is 79.9. The van der Waals surface area contributed by atoms with Crippen LogP contribution in [0.25, 0.3) is 0 Å². The standard InChI is InChI=1S/C16H11BrF4N2O3/c17-11-4-1-9(2-5-11)14(24)23-22-8-10-3-6-12(25-15(18)19)7-13(10)26-16(20)21/h1-8,15-16H,(H,23,24)/b22-8-. The van der Waals surface area contributed by atoms with Crippen LogP contribution in [0.5, 0.6) is 11.5 Å². The van der Waals surface area contributed by atoms with Crippen LogP contribution in [0.1, 0.15) is 15.9 Å². The summed E-state index contributed by atoms with van der Waals surface area (Å²) in [5.41, 5.74) is 2.57. The van der Waals surface area contributed by atoms with Gasteiger partial charge in [-0.15, -0.1) is 0 Å². The smallest absolute Gasteiger partial charge is 0.387 e. The van der Waals surface area contributed by atoms with E-state index in [1.54, 1.807) is 24.3 Å². The van der Waals surface area contributed by atoms with E-state index in [0.29, 0.717) is 5.56 Å². The molecule has 2 rings (SSSR count). The number of hydrogen-bond donors (Lipinski definition) is 1. The maximum Gasteiger partial charge on any atom is 0.387 e. The SMILES string of the molecule is O=C(N/N=C\c1ccc(OC(F)F)cc1OC(F)F)c1ccc(Br)cc1. The third kappa shape index (κ3) is 6.03. The van der Waals surface area contributed by atoms with Gasteiger partial charge in [-0.1, -0.05) is 15.9 Å². The molecule has 0 aliphatic carbocycles. The van der Waals surface area contributed by atoms with Crippen molar-refractivity contribution in [1.82, 2.24) is 5.43 Å². The van der Waals surface area contributed by atoms with Gasteiger partial charge in [0.05, 0.1) is 6.21 Å². The minimum Gasteiger partial charge on any atom is -0.435 e. The first-order valence-electron chi connectivity index (χ1n) is 6.98. The average molecular weight is 435 g/mol. The molecule has 1 amide bonds. The van der Waals surface area contributed by atoms with Gasteiger partial charge in [0.2, 0.25) is 0 Å². The van der Waals surface area contributed by atoms with Crippen LogP contribution in [-0.2, 0) is 0 Å². The molecule has 0 spiro atoms. The molecule has 1 N–H and O–H groups in total. The van der Waals surface area contributed by atoms with Gasteiger partial charge in [-0.05, 0) is 36.4 Å². The number of carbonyl (C=O) groups is 1. The molecule has 0 aromatic heterocycles. The lowest BCUT2D eigenvalue weighted by atomic mass is 10.2. The second kappa shape index (κ2) is 9.18. The molecule has 138 valence electrons. The van der Waals surface area contributed by atoms with Crippen molar-refractivity contribution in [2.24, 2.45) is 5.10 Å². The molecule has 0 heterocycles. The Hall–Kier alpha value is -2.62. The number of carbonyl (C=O) groups excluding carboxylic acids is 1. The third-order valence-electron chi connectivity index (χ3n) is 2.90. The van der Waals surface area contributed by atoms with Crippen molar-refractivity contribution in [3.8, 4) is 11.5 Å². The first-order valence-corrected chi connectivity index (χ1v) is 7.77. The summed E-state index contributed by atoms with van der Waals surface area (Å²) in [5, 5.41) is 3.65. The quantitative estimate of drug-likeness (QED) is 0.398. The van der Waals surface area contributed by atoms with E-state index < -0.39 is 24.9 Å². The topological polar surface area (TPSA) is 59.9 Å². The first kappa shape index (κ1) is 19.7. The maximum atomic E-state index is 12.5. The van der Waals surface area contributed by atoms with Gasteiger partial charge in [-0.3, -0.25) is 4.79 Å². The van der Waals surface area contributed by atoms with Crippen LogP contribution in [0.3, 0.4) is 0 Å². The molecule has 26 heavy (non-hydrogen) atoms. The van der Waals surface area contributed by atoms with E-state index in [9.17, 15) is 22.4 Å². The largest absolute Gasteiger partial charge is 0.435 e. The van der Waals surface area contributed by atoms with E-state index >= 15 is 0 Å². The number of benzene rings is 2. The molecule has 0 aliphatic heterocycles. The Morgan fingerprint density at radius 3 is 2.31 bits per heavy atom. The first-order chi connectivity index (χ1) is 12.3. The number of amides is 1. The second-order valence-corrected chi connectivity index (χ2v) is 5.58. The molecule has 10 heteroatoms. The van der Waals surface area contributed by atoms with Gasteiger partial charge >= 0.3 is 13.2 Å². The Balaban J connectivity index is 2.12. The lowest BCUT2D eigenvalue weighted by Gasteiger charge is -2.10. The number of halogens is 5. The Labute approximate surface area is 153 Å². The summed E-state index contributed by atoms with van der Waals surface area (Å²) in [6.45, 7) is -6.29. The van der Waals surface area contributed by atoms with Crippen molar-refractivity contribution in [3.63, 3.8) is 0 Å². The van der Waals surface area contributed by atoms with Crippen LogP contribution in [0.2, 0.25) is 0 Å². The summed E-state index contributed by atoms with van der Waals surface area (Å²) in [7, 11) is 0. The number of hydrazone groups is 1. The highest BCUT2D eigenvalue weighted by molar-refractivity contribution is 9.10. The van der Waals surface area contributed by atoms with Crippen LogP contribution in [0.4, 0.5) is 17.6 Å². The Morgan fingerprint density at radius 1 is 1.04 bits per heavy atom. The molecule has 0 saturated heterocycles. The molecule has 0 bridgehead atoms. The molecule has 2 aromatic carbocycles. The Bertz CT molecular complexity index is 786. The lowest BCUT2D eigenvalue weighted by Crippen LogP contribution is -2.17. The number of alkyl halides is 4. The Morgan fingerprint density at radius 2 is 1.69 bits per heavy atom. The molecule has 2 aromatic rings. The fraction of sp³-hybridized carbons (Fsp3) is 0.125. The lowest BCUT2D eigenvalue weighted by molar-refractivity contribution is -0.0543. The van der Waals surface area contributed by atoms with Gasteiger partial charge in [0, 0.05) is 21.7 Å². The van der Waals surface area contributed by atoms with Crippen LogP contribution in [0, 0.1) is 0 Å². The summed E-state index contributed by atoms with van der Waals surface area (Å²) < 4.78 is 58.5. The highest BCUT2D eigenvalue weighted by Gasteiger charge is 2.12. The zero-order valence-electron chi connectivity index (χ0n) is 12.8. The summed E-state index contributed by atoms with van der Waals surface area (Å²) >= 11 is 3.23. The monoisotopic (exact) mass is 434 g/mol. The molecule has 5 nitrogen and oxygen atoms in total.